The number of hydrogen-bond donors (Lipinski definition) is 0. The lowest BCUT2D eigenvalue weighted by molar-refractivity contribution is -0.119. The third-order valence-corrected chi connectivity index (χ3v) is 9.12. The largest absolute Gasteiger partial charge is 0.300 e. The fraction of sp³-hybridized carbons (Fsp3) is 0.974. The molecule has 0 aromatic carbocycles. The first kappa shape index (κ1) is 39.7. The number of ketones is 1. The van der Waals surface area contributed by atoms with E-state index in [1.807, 2.05) is 0 Å². The summed E-state index contributed by atoms with van der Waals surface area (Å²) in [4.78, 5) is 12.2. The lowest BCUT2D eigenvalue weighted by Gasteiger charge is -2.04. The monoisotopic (exact) mass is 563 g/mol. The normalized spacial score (nSPS) is 11.4. The fourth-order valence-electron chi connectivity index (χ4n) is 6.22. The number of carbonyl (C=O) groups is 1. The van der Waals surface area contributed by atoms with Gasteiger partial charge in [0, 0.05) is 12.8 Å². The standard InChI is InChI=1S/C39H78O/c1-3-5-7-9-11-13-15-17-19-21-22-24-26-28-30-32-34-36-38-39(40)37-35-33-31-29-27-25-23-20-18-16-14-12-10-8-6-4-2/h3-38H2,1-2H3. The van der Waals surface area contributed by atoms with E-state index in [1.165, 1.54) is 205 Å². The van der Waals surface area contributed by atoms with E-state index >= 15 is 0 Å². The average Bonchev–Trinajstić information content (AvgIpc) is 2.96. The minimum atomic E-state index is 0.529. The van der Waals surface area contributed by atoms with Crippen molar-refractivity contribution in [2.24, 2.45) is 0 Å². The number of Topliss-reactive ketones (excluding diaryl/α,β-unsaturated/α-hetero) is 1. The van der Waals surface area contributed by atoms with Crippen LogP contribution in [0.25, 0.3) is 0 Å². The van der Waals surface area contributed by atoms with Crippen LogP contribution in [0.3, 0.4) is 0 Å². The molecule has 0 fully saturated rings. The van der Waals surface area contributed by atoms with Gasteiger partial charge in [-0.3, -0.25) is 4.79 Å². The summed E-state index contributed by atoms with van der Waals surface area (Å²) in [7, 11) is 0. The predicted octanol–water partition coefficient (Wildman–Crippen LogP) is 14.6. The van der Waals surface area contributed by atoms with Crippen LogP contribution >= 0.6 is 0 Å². The van der Waals surface area contributed by atoms with Gasteiger partial charge in [-0.25, -0.2) is 0 Å². The van der Waals surface area contributed by atoms with Crippen molar-refractivity contribution < 1.29 is 4.79 Å². The summed E-state index contributed by atoms with van der Waals surface area (Å²) in [6.45, 7) is 4.60. The van der Waals surface area contributed by atoms with E-state index in [9.17, 15) is 4.79 Å². The first-order chi connectivity index (χ1) is 19.8. The average molecular weight is 563 g/mol. The maximum absolute atomic E-state index is 12.2. The molecule has 0 aliphatic heterocycles. The van der Waals surface area contributed by atoms with Gasteiger partial charge in [-0.15, -0.1) is 0 Å². The summed E-state index contributed by atoms with van der Waals surface area (Å²) in [6.07, 6.45) is 49.4. The minimum Gasteiger partial charge on any atom is -0.300 e. The van der Waals surface area contributed by atoms with Crippen LogP contribution in [0.1, 0.15) is 245 Å². The Labute approximate surface area is 255 Å². The van der Waals surface area contributed by atoms with Gasteiger partial charge in [0.15, 0.2) is 0 Å². The third-order valence-electron chi connectivity index (χ3n) is 9.12. The van der Waals surface area contributed by atoms with Gasteiger partial charge in [0.25, 0.3) is 0 Å². The van der Waals surface area contributed by atoms with Gasteiger partial charge in [0.1, 0.15) is 5.78 Å². The van der Waals surface area contributed by atoms with Gasteiger partial charge in [0.2, 0.25) is 0 Å². The highest BCUT2D eigenvalue weighted by Gasteiger charge is 2.02. The molecule has 0 atom stereocenters. The molecule has 0 saturated carbocycles. The van der Waals surface area contributed by atoms with Crippen LogP contribution in [0.4, 0.5) is 0 Å². The molecule has 0 spiro atoms. The number of rotatable bonds is 36. The van der Waals surface area contributed by atoms with Crippen molar-refractivity contribution in [3.05, 3.63) is 0 Å². The van der Waals surface area contributed by atoms with Gasteiger partial charge in [-0.2, -0.15) is 0 Å². The van der Waals surface area contributed by atoms with Crippen molar-refractivity contribution >= 4 is 5.78 Å². The van der Waals surface area contributed by atoms with Crippen LogP contribution < -0.4 is 0 Å². The summed E-state index contributed by atoms with van der Waals surface area (Å²) in [5.41, 5.74) is 0. The molecule has 0 amide bonds. The molecular weight excluding hydrogens is 484 g/mol. The molecule has 40 heavy (non-hydrogen) atoms. The highest BCUT2D eigenvalue weighted by atomic mass is 16.1. The second kappa shape index (κ2) is 36.7. The summed E-state index contributed by atoms with van der Waals surface area (Å²) < 4.78 is 0. The van der Waals surface area contributed by atoms with E-state index in [-0.39, 0.29) is 0 Å². The van der Waals surface area contributed by atoms with E-state index in [2.05, 4.69) is 13.8 Å². The molecule has 0 rings (SSSR count). The minimum absolute atomic E-state index is 0.529. The fourth-order valence-corrected chi connectivity index (χ4v) is 6.22. The molecule has 0 aromatic heterocycles. The maximum Gasteiger partial charge on any atom is 0.132 e. The molecule has 240 valence electrons. The van der Waals surface area contributed by atoms with Gasteiger partial charge in [-0.05, 0) is 12.8 Å². The highest BCUT2D eigenvalue weighted by molar-refractivity contribution is 5.78. The molecule has 0 saturated heterocycles. The van der Waals surface area contributed by atoms with Crippen LogP contribution in [-0.2, 0) is 4.79 Å². The molecule has 0 aliphatic rings. The lowest BCUT2D eigenvalue weighted by atomic mass is 10.0. The highest BCUT2D eigenvalue weighted by Crippen LogP contribution is 2.16. The topological polar surface area (TPSA) is 17.1 Å². The summed E-state index contributed by atoms with van der Waals surface area (Å²) in [6, 6.07) is 0. The maximum atomic E-state index is 12.2. The van der Waals surface area contributed by atoms with Crippen LogP contribution in [-0.4, -0.2) is 5.78 Å². The molecule has 0 radical (unpaired) electrons. The Morgan fingerprint density at radius 3 is 0.575 bits per heavy atom. The predicted molar refractivity (Wildman–Crippen MR) is 183 cm³/mol. The van der Waals surface area contributed by atoms with Crippen LogP contribution in [0.2, 0.25) is 0 Å². The molecule has 0 aliphatic carbocycles. The Bertz CT molecular complexity index is 456. The second-order valence-electron chi connectivity index (χ2n) is 13.4. The van der Waals surface area contributed by atoms with Crippen molar-refractivity contribution in [3.63, 3.8) is 0 Å². The second-order valence-corrected chi connectivity index (χ2v) is 13.4. The van der Waals surface area contributed by atoms with Crippen molar-refractivity contribution in [1.82, 2.24) is 0 Å². The zero-order valence-electron chi connectivity index (χ0n) is 28.4. The zero-order valence-corrected chi connectivity index (χ0v) is 28.4. The van der Waals surface area contributed by atoms with Crippen molar-refractivity contribution in [1.29, 1.82) is 0 Å². The Balaban J connectivity index is 3.14. The van der Waals surface area contributed by atoms with Crippen LogP contribution in [0.5, 0.6) is 0 Å². The Kier molecular flexibility index (Phi) is 36.4. The molecule has 0 N–H and O–H groups in total. The first-order valence-electron chi connectivity index (χ1n) is 19.3. The van der Waals surface area contributed by atoms with E-state index < -0.39 is 0 Å². The SMILES string of the molecule is CCCCCCCCCCCCCCCCCCCCC(=O)CCCCCCCCCCCCCCCCCC. The van der Waals surface area contributed by atoms with Gasteiger partial charge >= 0.3 is 0 Å². The smallest absolute Gasteiger partial charge is 0.132 e. The zero-order chi connectivity index (χ0) is 29.0. The summed E-state index contributed by atoms with van der Waals surface area (Å²) in [5.74, 6) is 0.529. The van der Waals surface area contributed by atoms with Gasteiger partial charge in [-0.1, -0.05) is 219 Å². The molecule has 1 nitrogen and oxygen atoms in total. The Hall–Kier alpha value is -0.330. The van der Waals surface area contributed by atoms with Gasteiger partial charge < -0.3 is 0 Å². The van der Waals surface area contributed by atoms with Crippen LogP contribution in [0, 0.1) is 0 Å². The first-order valence-corrected chi connectivity index (χ1v) is 19.3. The van der Waals surface area contributed by atoms with E-state index in [0.29, 0.717) is 5.78 Å². The molecule has 0 aromatic rings. The number of unbranched alkanes of at least 4 members (excludes halogenated alkanes) is 32. The van der Waals surface area contributed by atoms with Crippen LogP contribution in [0.15, 0.2) is 0 Å². The lowest BCUT2D eigenvalue weighted by Crippen LogP contribution is -1.97. The van der Waals surface area contributed by atoms with Crippen molar-refractivity contribution in [2.45, 2.75) is 245 Å². The molecule has 0 heterocycles. The van der Waals surface area contributed by atoms with Crippen molar-refractivity contribution in [3.8, 4) is 0 Å². The molecule has 1 heteroatoms. The third kappa shape index (κ3) is 35.7. The summed E-state index contributed by atoms with van der Waals surface area (Å²) >= 11 is 0. The quantitative estimate of drug-likeness (QED) is 0.0694. The van der Waals surface area contributed by atoms with E-state index in [0.717, 1.165) is 25.7 Å². The Morgan fingerprint density at radius 2 is 0.400 bits per heavy atom. The van der Waals surface area contributed by atoms with Crippen molar-refractivity contribution in [2.75, 3.05) is 0 Å². The van der Waals surface area contributed by atoms with E-state index in [1.54, 1.807) is 0 Å². The van der Waals surface area contributed by atoms with Gasteiger partial charge in [0.05, 0.1) is 0 Å². The number of carbonyl (C=O) groups excluding carboxylic acids is 1. The Morgan fingerprint density at radius 1 is 0.250 bits per heavy atom. The summed E-state index contributed by atoms with van der Waals surface area (Å²) in [5, 5.41) is 0. The molecular formula is C39H78O. The molecule has 0 bridgehead atoms. The van der Waals surface area contributed by atoms with E-state index in [4.69, 9.17) is 0 Å². The number of hydrogen-bond acceptors (Lipinski definition) is 1. The molecule has 0 unspecified atom stereocenters.